The fourth-order valence-electron chi connectivity index (χ4n) is 3.38. The summed E-state index contributed by atoms with van der Waals surface area (Å²) in [5.74, 6) is -2.34. The Bertz CT molecular complexity index is 995. The molecule has 1 unspecified atom stereocenters. The molecule has 1 rings (SSSR count). The number of hydrogen-bond donors (Lipinski definition) is 2. The molecule has 0 bridgehead atoms. The summed E-state index contributed by atoms with van der Waals surface area (Å²) in [7, 11) is 0. The Hall–Kier alpha value is -2.94. The van der Waals surface area contributed by atoms with Gasteiger partial charge in [0.05, 0.1) is 5.41 Å². The predicted octanol–water partition coefficient (Wildman–Crippen LogP) is 5.67. The van der Waals surface area contributed by atoms with Gasteiger partial charge in [-0.25, -0.2) is 4.79 Å². The van der Waals surface area contributed by atoms with Gasteiger partial charge in [0.15, 0.2) is 11.5 Å². The third kappa shape index (κ3) is 11.8. The SMILES string of the molecule is CCC(C)N[C@@](Cc1ccc(OC(=O)CCC(C)C)c(OC(=O)CCC(C)C)c1)(OC(=O)C(C)(C)C)C(=O)O. The first-order chi connectivity index (χ1) is 18.0. The van der Waals surface area contributed by atoms with E-state index in [1.165, 1.54) is 12.1 Å². The number of carbonyl (C=O) groups is 4. The molecule has 0 saturated heterocycles. The fraction of sp³-hybridized carbons (Fsp3) is 0.667. The average Bonchev–Trinajstić information content (AvgIpc) is 2.82. The van der Waals surface area contributed by atoms with E-state index in [0.29, 0.717) is 30.7 Å². The fourth-order valence-corrected chi connectivity index (χ4v) is 3.38. The van der Waals surface area contributed by atoms with Crippen LogP contribution in [-0.4, -0.2) is 40.8 Å². The van der Waals surface area contributed by atoms with Gasteiger partial charge in [-0.3, -0.25) is 19.7 Å². The van der Waals surface area contributed by atoms with Crippen LogP contribution in [0.25, 0.3) is 0 Å². The summed E-state index contributed by atoms with van der Waals surface area (Å²) in [4.78, 5) is 50.4. The minimum atomic E-state index is -2.08. The van der Waals surface area contributed by atoms with E-state index in [0.717, 1.165) is 0 Å². The van der Waals surface area contributed by atoms with Gasteiger partial charge in [0.1, 0.15) is 0 Å². The molecule has 0 amide bonds. The Morgan fingerprint density at radius 2 is 1.38 bits per heavy atom. The Balaban J connectivity index is 3.46. The second-order valence-electron chi connectivity index (χ2n) is 12.0. The molecular weight excluding hydrogens is 502 g/mol. The van der Waals surface area contributed by atoms with Gasteiger partial charge in [0.25, 0.3) is 5.72 Å². The first kappa shape index (κ1) is 34.1. The Morgan fingerprint density at radius 1 is 0.872 bits per heavy atom. The van der Waals surface area contributed by atoms with Crippen LogP contribution in [0.2, 0.25) is 0 Å². The second-order valence-corrected chi connectivity index (χ2v) is 12.0. The van der Waals surface area contributed by atoms with E-state index in [2.05, 4.69) is 5.32 Å². The number of aliphatic carboxylic acids is 1. The third-order valence-electron chi connectivity index (χ3n) is 6.08. The van der Waals surface area contributed by atoms with Crippen LogP contribution in [0.5, 0.6) is 11.5 Å². The maximum atomic E-state index is 12.8. The minimum Gasteiger partial charge on any atom is -0.477 e. The standard InChI is InChI=1S/C30H47NO8/c1-10-21(6)31-30(27(34)35,39-28(36)29(7,8)9)18-22-13-14-23(37-25(32)15-11-19(2)3)24(17-22)38-26(33)16-12-20(4)5/h13-14,17,19-21,31H,10-12,15-16,18H2,1-9H3,(H,34,35)/t21?,30-/m0/s1. The number of carboxylic acid groups (broad SMARTS) is 1. The van der Waals surface area contributed by atoms with Crippen molar-refractivity contribution < 1.29 is 38.5 Å². The van der Waals surface area contributed by atoms with E-state index in [1.807, 2.05) is 34.6 Å². The molecule has 0 radical (unpaired) electrons. The average molecular weight is 550 g/mol. The summed E-state index contributed by atoms with van der Waals surface area (Å²) >= 11 is 0. The van der Waals surface area contributed by atoms with Crippen LogP contribution in [0.3, 0.4) is 0 Å². The number of carbonyl (C=O) groups excluding carboxylic acids is 3. The van der Waals surface area contributed by atoms with Crippen LogP contribution in [0.4, 0.5) is 0 Å². The first-order valence-corrected chi connectivity index (χ1v) is 13.8. The van der Waals surface area contributed by atoms with Gasteiger partial charge in [-0.2, -0.15) is 0 Å². The number of benzene rings is 1. The Labute approximate surface area is 233 Å². The maximum Gasteiger partial charge on any atom is 0.364 e. The topological polar surface area (TPSA) is 128 Å². The normalized spacial score (nSPS) is 14.0. The van der Waals surface area contributed by atoms with Crippen molar-refractivity contribution in [3.8, 4) is 11.5 Å². The summed E-state index contributed by atoms with van der Waals surface area (Å²) in [5.41, 5.74) is -2.61. The van der Waals surface area contributed by atoms with Gasteiger partial charge in [-0.15, -0.1) is 0 Å². The molecule has 0 aliphatic carbocycles. The number of rotatable bonds is 15. The summed E-state index contributed by atoms with van der Waals surface area (Å²) in [6.45, 7) is 16.6. The van der Waals surface area contributed by atoms with Crippen molar-refractivity contribution >= 4 is 23.9 Å². The third-order valence-corrected chi connectivity index (χ3v) is 6.08. The quantitative estimate of drug-likeness (QED) is 0.161. The molecule has 9 heteroatoms. The molecule has 0 aromatic heterocycles. The highest BCUT2D eigenvalue weighted by Gasteiger charge is 2.46. The van der Waals surface area contributed by atoms with Crippen LogP contribution < -0.4 is 14.8 Å². The molecule has 1 aromatic carbocycles. The lowest BCUT2D eigenvalue weighted by Crippen LogP contribution is -2.60. The number of nitrogens with one attached hydrogen (secondary N) is 1. The summed E-state index contributed by atoms with van der Waals surface area (Å²) in [6.07, 6.45) is 1.96. The molecular formula is C30H47NO8. The summed E-state index contributed by atoms with van der Waals surface area (Å²) in [6, 6.07) is 4.20. The van der Waals surface area contributed by atoms with E-state index in [9.17, 15) is 24.3 Å². The predicted molar refractivity (Wildman–Crippen MR) is 148 cm³/mol. The zero-order chi connectivity index (χ0) is 30.0. The van der Waals surface area contributed by atoms with Crippen LogP contribution in [0.1, 0.15) is 100.0 Å². The van der Waals surface area contributed by atoms with E-state index < -0.39 is 35.0 Å². The molecule has 0 aliphatic heterocycles. The highest BCUT2D eigenvalue weighted by molar-refractivity contribution is 5.84. The Morgan fingerprint density at radius 3 is 1.82 bits per heavy atom. The smallest absolute Gasteiger partial charge is 0.364 e. The summed E-state index contributed by atoms with van der Waals surface area (Å²) < 4.78 is 16.7. The largest absolute Gasteiger partial charge is 0.477 e. The van der Waals surface area contributed by atoms with Crippen LogP contribution in [0, 0.1) is 17.3 Å². The monoisotopic (exact) mass is 549 g/mol. The lowest BCUT2D eigenvalue weighted by Gasteiger charge is -2.35. The van der Waals surface area contributed by atoms with Crippen molar-refractivity contribution in [1.29, 1.82) is 0 Å². The number of esters is 3. The van der Waals surface area contributed by atoms with Crippen molar-refractivity contribution in [1.82, 2.24) is 5.32 Å². The van der Waals surface area contributed by atoms with Gasteiger partial charge in [0.2, 0.25) is 0 Å². The van der Waals surface area contributed by atoms with Crippen molar-refractivity contribution in [2.45, 2.75) is 113 Å². The van der Waals surface area contributed by atoms with Gasteiger partial charge < -0.3 is 19.3 Å². The maximum absolute atomic E-state index is 12.8. The van der Waals surface area contributed by atoms with Gasteiger partial charge >= 0.3 is 23.9 Å². The summed E-state index contributed by atoms with van der Waals surface area (Å²) in [5, 5.41) is 13.2. The lowest BCUT2D eigenvalue weighted by atomic mass is 9.95. The highest BCUT2D eigenvalue weighted by Crippen LogP contribution is 2.32. The number of carboxylic acids is 1. The molecule has 9 nitrogen and oxygen atoms in total. The van der Waals surface area contributed by atoms with Crippen molar-refractivity contribution in [3.63, 3.8) is 0 Å². The molecule has 0 fully saturated rings. The number of hydrogen-bond acceptors (Lipinski definition) is 8. The van der Waals surface area contributed by atoms with Crippen molar-refractivity contribution in [2.75, 3.05) is 0 Å². The molecule has 220 valence electrons. The lowest BCUT2D eigenvalue weighted by molar-refractivity contribution is -0.190. The molecule has 1 aromatic rings. The molecule has 2 atom stereocenters. The van der Waals surface area contributed by atoms with Crippen molar-refractivity contribution in [3.05, 3.63) is 23.8 Å². The zero-order valence-corrected chi connectivity index (χ0v) is 25.0. The van der Waals surface area contributed by atoms with E-state index in [1.54, 1.807) is 33.8 Å². The first-order valence-electron chi connectivity index (χ1n) is 13.8. The molecule has 39 heavy (non-hydrogen) atoms. The molecule has 0 saturated carbocycles. The molecule has 2 N–H and O–H groups in total. The number of ether oxygens (including phenoxy) is 3. The zero-order valence-electron chi connectivity index (χ0n) is 25.0. The van der Waals surface area contributed by atoms with E-state index in [4.69, 9.17) is 14.2 Å². The van der Waals surface area contributed by atoms with E-state index in [-0.39, 0.29) is 42.7 Å². The van der Waals surface area contributed by atoms with Crippen LogP contribution >= 0.6 is 0 Å². The van der Waals surface area contributed by atoms with E-state index >= 15 is 0 Å². The Kier molecular flexibility index (Phi) is 13.1. The molecule has 0 aliphatic rings. The van der Waals surface area contributed by atoms with Crippen LogP contribution in [-0.2, 0) is 30.3 Å². The minimum absolute atomic E-state index is 0.00382. The second kappa shape index (κ2) is 15.0. The highest BCUT2D eigenvalue weighted by atomic mass is 16.6. The molecule has 0 spiro atoms. The van der Waals surface area contributed by atoms with Gasteiger partial charge in [0, 0.05) is 25.3 Å². The van der Waals surface area contributed by atoms with Gasteiger partial charge in [-0.05, 0) is 76.5 Å². The van der Waals surface area contributed by atoms with Gasteiger partial charge in [-0.1, -0.05) is 40.7 Å². The van der Waals surface area contributed by atoms with Crippen molar-refractivity contribution in [2.24, 2.45) is 17.3 Å². The molecule has 0 heterocycles. The van der Waals surface area contributed by atoms with Crippen LogP contribution in [0.15, 0.2) is 18.2 Å².